The third-order valence-corrected chi connectivity index (χ3v) is 8.40. The van der Waals surface area contributed by atoms with Gasteiger partial charge in [-0.25, -0.2) is 9.69 Å². The summed E-state index contributed by atoms with van der Waals surface area (Å²) in [5.41, 5.74) is 1.50. The van der Waals surface area contributed by atoms with Gasteiger partial charge < -0.3 is 10.1 Å². The van der Waals surface area contributed by atoms with Crippen LogP contribution in [0.1, 0.15) is 81.3 Å². The number of likely N-dealkylation sites (tertiary alicyclic amines) is 1. The summed E-state index contributed by atoms with van der Waals surface area (Å²) in [7, 11) is -2.41. The lowest BCUT2D eigenvalue weighted by Gasteiger charge is -2.53. The van der Waals surface area contributed by atoms with Crippen LogP contribution in [0.2, 0.25) is 0 Å². The van der Waals surface area contributed by atoms with Crippen molar-refractivity contribution in [3.8, 4) is 5.75 Å². The molecule has 2 aromatic rings. The van der Waals surface area contributed by atoms with E-state index in [4.69, 9.17) is 4.74 Å². The first-order valence-electron chi connectivity index (χ1n) is 13.0. The van der Waals surface area contributed by atoms with Gasteiger partial charge in [0.15, 0.2) is 6.23 Å². The summed E-state index contributed by atoms with van der Waals surface area (Å²) in [6.45, 7) is 11.6. The highest BCUT2D eigenvalue weighted by Gasteiger charge is 2.63. The summed E-state index contributed by atoms with van der Waals surface area (Å²) in [5, 5.41) is 3.05. The molecule has 0 bridgehead atoms. The Balaban J connectivity index is 1.83. The van der Waals surface area contributed by atoms with Crippen molar-refractivity contribution in [3.63, 3.8) is 0 Å². The number of hydrogen-bond donors (Lipinski definition) is 2. The minimum Gasteiger partial charge on any atom is -0.469 e. The Bertz CT molecular complexity index is 1110. The molecule has 0 saturated carbocycles. The Morgan fingerprint density at radius 1 is 1.14 bits per heavy atom. The molecule has 2 aromatic carbocycles. The second-order valence-corrected chi connectivity index (χ2v) is 10.9. The Kier molecular flexibility index (Phi) is 9.63. The number of hydrogen-bond acceptors (Lipinski definition) is 4. The molecule has 1 heterocycles. The highest BCUT2D eigenvalue weighted by Crippen LogP contribution is 2.47. The highest BCUT2D eigenvalue weighted by atomic mass is 31.1. The zero-order chi connectivity index (χ0) is 27.2. The van der Waals surface area contributed by atoms with Crippen LogP contribution in [0.15, 0.2) is 61.2 Å². The number of ether oxygens (including phenoxy) is 1. The van der Waals surface area contributed by atoms with Crippen LogP contribution in [0.25, 0.3) is 0 Å². The maximum atomic E-state index is 13.4. The maximum Gasteiger partial charge on any atom is 0.513 e. The predicted molar refractivity (Wildman–Crippen MR) is 145 cm³/mol. The van der Waals surface area contributed by atoms with Gasteiger partial charge >= 0.3 is 14.1 Å². The standard InChI is InChI=1S/C29H37N2O5P/c1-6-10-24(21-14-12-20(5)13-15-21)30-28(33)31-26(32)29(8-3,9-4)27(31)36-23-18-16-22(17-19-23)25(11-7-2)37(34)35/h7,12-19,24-25,27H,2,6,8-11H2,1,3-5H3,(H-,30,33,34,35)/p+1/t24-,25?,27+/m1/s1. The number of aryl methyl sites for hydroxylation is 1. The summed E-state index contributed by atoms with van der Waals surface area (Å²) in [6.07, 6.45) is 3.95. The second-order valence-electron chi connectivity index (χ2n) is 9.62. The van der Waals surface area contributed by atoms with Crippen molar-refractivity contribution in [1.82, 2.24) is 10.2 Å². The number of nitrogens with zero attached hydrogens (tertiary/aromatic N) is 1. The molecular formula is C29H38N2O5P+. The van der Waals surface area contributed by atoms with Crippen molar-refractivity contribution in [1.29, 1.82) is 0 Å². The molecule has 1 saturated heterocycles. The van der Waals surface area contributed by atoms with Gasteiger partial charge in [0.2, 0.25) is 11.6 Å². The van der Waals surface area contributed by atoms with E-state index in [1.54, 1.807) is 30.3 Å². The van der Waals surface area contributed by atoms with E-state index in [9.17, 15) is 19.0 Å². The zero-order valence-corrected chi connectivity index (χ0v) is 23.0. The molecule has 37 heavy (non-hydrogen) atoms. The van der Waals surface area contributed by atoms with Gasteiger partial charge in [0.25, 0.3) is 0 Å². The lowest BCUT2D eigenvalue weighted by Crippen LogP contribution is -2.73. The lowest BCUT2D eigenvalue weighted by molar-refractivity contribution is -0.191. The van der Waals surface area contributed by atoms with E-state index in [0.29, 0.717) is 30.6 Å². The molecule has 7 nitrogen and oxygen atoms in total. The molecule has 198 valence electrons. The van der Waals surface area contributed by atoms with Crippen LogP contribution in [0, 0.1) is 12.3 Å². The third-order valence-electron chi connectivity index (χ3n) is 7.36. The summed E-state index contributed by atoms with van der Waals surface area (Å²) < 4.78 is 18.0. The first kappa shape index (κ1) is 28.5. The molecule has 0 radical (unpaired) electrons. The van der Waals surface area contributed by atoms with Gasteiger partial charge in [-0.15, -0.1) is 6.58 Å². The van der Waals surface area contributed by atoms with Crippen LogP contribution in [-0.4, -0.2) is 28.0 Å². The number of benzene rings is 2. The Labute approximate surface area is 220 Å². The van der Waals surface area contributed by atoms with Gasteiger partial charge in [-0.1, -0.05) is 75.2 Å². The van der Waals surface area contributed by atoms with Crippen molar-refractivity contribution in [3.05, 3.63) is 77.9 Å². The molecule has 0 spiro atoms. The topological polar surface area (TPSA) is 95.9 Å². The monoisotopic (exact) mass is 525 g/mol. The van der Waals surface area contributed by atoms with Gasteiger partial charge in [-0.2, -0.15) is 4.89 Å². The molecule has 0 aliphatic carbocycles. The molecule has 3 rings (SSSR count). The first-order valence-corrected chi connectivity index (χ1v) is 14.2. The van der Waals surface area contributed by atoms with Gasteiger partial charge in [-0.05, 0) is 48.4 Å². The number of carbonyl (C=O) groups is 2. The summed E-state index contributed by atoms with van der Waals surface area (Å²) in [6, 6.07) is 14.3. The van der Waals surface area contributed by atoms with Gasteiger partial charge in [0.1, 0.15) is 11.2 Å². The average molecular weight is 526 g/mol. The Morgan fingerprint density at radius 3 is 2.24 bits per heavy atom. The normalized spacial score (nSPS) is 18.4. The summed E-state index contributed by atoms with van der Waals surface area (Å²) in [5.74, 6) is 0.249. The fourth-order valence-corrected chi connectivity index (χ4v) is 5.69. The minimum atomic E-state index is -2.41. The zero-order valence-electron chi connectivity index (χ0n) is 22.1. The third kappa shape index (κ3) is 5.94. The van der Waals surface area contributed by atoms with E-state index < -0.39 is 31.4 Å². The number of urea groups is 1. The van der Waals surface area contributed by atoms with E-state index in [1.165, 1.54) is 4.90 Å². The van der Waals surface area contributed by atoms with Crippen LogP contribution in [0.5, 0.6) is 5.75 Å². The van der Waals surface area contributed by atoms with Gasteiger partial charge in [0.05, 0.1) is 6.04 Å². The van der Waals surface area contributed by atoms with Crippen LogP contribution in [0.3, 0.4) is 0 Å². The predicted octanol–water partition coefficient (Wildman–Crippen LogP) is 6.95. The van der Waals surface area contributed by atoms with Crippen LogP contribution in [0.4, 0.5) is 4.79 Å². The van der Waals surface area contributed by atoms with Gasteiger partial charge in [-0.3, -0.25) is 4.79 Å². The summed E-state index contributed by atoms with van der Waals surface area (Å²) >= 11 is 0. The maximum absolute atomic E-state index is 13.4. The van der Waals surface area contributed by atoms with Crippen molar-refractivity contribution >= 4 is 20.0 Å². The van der Waals surface area contributed by atoms with Crippen LogP contribution in [-0.2, 0) is 9.36 Å². The first-order chi connectivity index (χ1) is 17.7. The minimum absolute atomic E-state index is 0.216. The fourth-order valence-electron chi connectivity index (χ4n) is 4.94. The van der Waals surface area contributed by atoms with E-state index in [1.807, 2.05) is 45.0 Å². The van der Waals surface area contributed by atoms with Crippen molar-refractivity contribution in [2.24, 2.45) is 5.41 Å². The quantitative estimate of drug-likeness (QED) is 0.178. The lowest BCUT2D eigenvalue weighted by atomic mass is 9.72. The highest BCUT2D eigenvalue weighted by molar-refractivity contribution is 7.38. The van der Waals surface area contributed by atoms with E-state index in [0.717, 1.165) is 24.0 Å². The smallest absolute Gasteiger partial charge is 0.469 e. The molecule has 2 N–H and O–H groups in total. The van der Waals surface area contributed by atoms with Crippen LogP contribution >= 0.6 is 8.03 Å². The summed E-state index contributed by atoms with van der Waals surface area (Å²) in [4.78, 5) is 37.6. The number of amides is 3. The van der Waals surface area contributed by atoms with E-state index in [-0.39, 0.29) is 11.9 Å². The number of rotatable bonds is 12. The molecule has 1 aliphatic heterocycles. The van der Waals surface area contributed by atoms with Gasteiger partial charge in [0, 0.05) is 12.0 Å². The SMILES string of the molecule is C=CCC(c1ccc(O[C@@H]2N(C(=O)N[C@H](CCC)c3ccc(C)cc3)C(=O)C2(CC)CC)cc1)[P+](=O)O. The number of nitrogens with one attached hydrogen (secondary N) is 1. The Hall–Kier alpha value is -3.02. The van der Waals surface area contributed by atoms with Crippen molar-refractivity contribution in [2.75, 3.05) is 0 Å². The van der Waals surface area contributed by atoms with E-state index in [2.05, 4.69) is 18.8 Å². The largest absolute Gasteiger partial charge is 0.513 e. The number of imide groups is 1. The molecule has 0 aromatic heterocycles. The molecule has 8 heteroatoms. The Morgan fingerprint density at radius 2 is 1.73 bits per heavy atom. The number of β-lactam (4-membered cyclic amide) rings is 1. The van der Waals surface area contributed by atoms with E-state index >= 15 is 0 Å². The fraction of sp³-hybridized carbons (Fsp3) is 0.448. The molecule has 2 unspecified atom stereocenters. The average Bonchev–Trinajstić information content (AvgIpc) is 2.88. The molecule has 3 amide bonds. The van der Waals surface area contributed by atoms with Crippen LogP contribution < -0.4 is 10.1 Å². The van der Waals surface area contributed by atoms with Crippen molar-refractivity contribution in [2.45, 2.75) is 77.7 Å². The molecule has 1 fully saturated rings. The molecular weight excluding hydrogens is 487 g/mol. The molecule has 4 atom stereocenters. The molecule has 1 aliphatic rings. The number of carbonyl (C=O) groups excluding carboxylic acids is 2. The number of allylic oxidation sites excluding steroid dienone is 1. The van der Waals surface area contributed by atoms with Crippen molar-refractivity contribution < 1.29 is 23.8 Å². The second kappa shape index (κ2) is 12.5.